The first-order chi connectivity index (χ1) is 13.4. The van der Waals surface area contributed by atoms with E-state index in [0.29, 0.717) is 27.8 Å². The summed E-state index contributed by atoms with van der Waals surface area (Å²) in [6.45, 7) is 4.42. The Morgan fingerprint density at radius 3 is 2.68 bits per heavy atom. The van der Waals surface area contributed by atoms with Crippen LogP contribution in [-0.4, -0.2) is 15.9 Å². The Kier molecular flexibility index (Phi) is 6.29. The zero-order valence-corrected chi connectivity index (χ0v) is 17.1. The lowest BCUT2D eigenvalue weighted by Gasteiger charge is -2.15. The number of benzene rings is 2. The SMILES string of the molecule is CCc1cc(CN)cc(C)c1NC(=O)c1nccc(-c2cc(Cl)ccc2Cl)n1. The normalized spacial score (nSPS) is 10.8. The lowest BCUT2D eigenvalue weighted by atomic mass is 10.0. The lowest BCUT2D eigenvalue weighted by Crippen LogP contribution is -2.18. The minimum absolute atomic E-state index is 0.0536. The molecule has 0 aliphatic carbocycles. The number of aryl methyl sites for hydroxylation is 2. The number of aromatic nitrogens is 2. The predicted octanol–water partition coefficient (Wildman–Crippen LogP) is 5.03. The summed E-state index contributed by atoms with van der Waals surface area (Å²) in [5.41, 5.74) is 10.7. The van der Waals surface area contributed by atoms with E-state index >= 15 is 0 Å². The van der Waals surface area contributed by atoms with Crippen LogP contribution in [0, 0.1) is 6.92 Å². The zero-order valence-electron chi connectivity index (χ0n) is 15.6. The first-order valence-corrected chi connectivity index (χ1v) is 9.60. The molecule has 7 heteroatoms. The molecule has 1 amide bonds. The zero-order chi connectivity index (χ0) is 20.3. The fourth-order valence-corrected chi connectivity index (χ4v) is 3.38. The van der Waals surface area contributed by atoms with Gasteiger partial charge in [0.15, 0.2) is 0 Å². The van der Waals surface area contributed by atoms with Crippen molar-refractivity contribution in [2.75, 3.05) is 5.32 Å². The maximum absolute atomic E-state index is 12.8. The van der Waals surface area contributed by atoms with Crippen molar-refractivity contribution >= 4 is 34.8 Å². The van der Waals surface area contributed by atoms with Crippen molar-refractivity contribution in [3.05, 3.63) is 75.2 Å². The molecule has 0 saturated heterocycles. The number of amides is 1. The van der Waals surface area contributed by atoms with Crippen LogP contribution >= 0.6 is 23.2 Å². The molecule has 3 N–H and O–H groups in total. The Bertz CT molecular complexity index is 1040. The van der Waals surface area contributed by atoms with Crippen LogP contribution in [0.15, 0.2) is 42.6 Å². The average Bonchev–Trinajstić information content (AvgIpc) is 2.71. The van der Waals surface area contributed by atoms with Crippen LogP contribution in [0.2, 0.25) is 10.0 Å². The number of anilines is 1. The van der Waals surface area contributed by atoms with Crippen LogP contribution < -0.4 is 11.1 Å². The number of rotatable bonds is 5. The number of halogens is 2. The van der Waals surface area contributed by atoms with Crippen LogP contribution in [0.4, 0.5) is 5.69 Å². The largest absolute Gasteiger partial charge is 0.326 e. The predicted molar refractivity (Wildman–Crippen MR) is 114 cm³/mol. The number of carbonyl (C=O) groups excluding carboxylic acids is 1. The van der Waals surface area contributed by atoms with E-state index < -0.39 is 5.91 Å². The van der Waals surface area contributed by atoms with Gasteiger partial charge >= 0.3 is 0 Å². The van der Waals surface area contributed by atoms with Gasteiger partial charge in [0.25, 0.3) is 5.91 Å². The fourth-order valence-electron chi connectivity index (χ4n) is 3.00. The standard InChI is InChI=1S/C21H20Cl2N4O/c1-3-14-9-13(11-24)8-12(2)19(14)27-21(28)20-25-7-6-18(26-20)16-10-15(22)4-5-17(16)23/h4-10H,3,11,24H2,1-2H3,(H,27,28). The monoisotopic (exact) mass is 414 g/mol. The van der Waals surface area contributed by atoms with Gasteiger partial charge in [0.2, 0.25) is 5.82 Å². The maximum atomic E-state index is 12.8. The van der Waals surface area contributed by atoms with E-state index in [0.717, 1.165) is 28.8 Å². The molecular formula is C21H20Cl2N4O. The first-order valence-electron chi connectivity index (χ1n) is 8.85. The highest BCUT2D eigenvalue weighted by Crippen LogP contribution is 2.29. The van der Waals surface area contributed by atoms with Gasteiger partial charge in [0, 0.05) is 29.0 Å². The Morgan fingerprint density at radius 2 is 1.96 bits per heavy atom. The van der Waals surface area contributed by atoms with Crippen LogP contribution in [0.5, 0.6) is 0 Å². The summed E-state index contributed by atoms with van der Waals surface area (Å²) in [4.78, 5) is 21.3. The number of hydrogen-bond acceptors (Lipinski definition) is 4. The molecule has 144 valence electrons. The van der Waals surface area contributed by atoms with Crippen LogP contribution in [0.1, 0.15) is 34.2 Å². The van der Waals surface area contributed by atoms with E-state index in [9.17, 15) is 4.79 Å². The highest BCUT2D eigenvalue weighted by Gasteiger charge is 2.16. The molecular weight excluding hydrogens is 395 g/mol. The Labute approximate surface area is 173 Å². The molecule has 0 radical (unpaired) electrons. The number of carbonyl (C=O) groups is 1. The second-order valence-electron chi connectivity index (χ2n) is 6.35. The smallest absolute Gasteiger partial charge is 0.293 e. The third-order valence-corrected chi connectivity index (χ3v) is 4.96. The molecule has 0 spiro atoms. The molecule has 1 aromatic heterocycles. The van der Waals surface area contributed by atoms with Gasteiger partial charge in [-0.1, -0.05) is 42.3 Å². The van der Waals surface area contributed by atoms with Gasteiger partial charge in [-0.2, -0.15) is 0 Å². The second-order valence-corrected chi connectivity index (χ2v) is 7.19. The van der Waals surface area contributed by atoms with E-state index in [4.69, 9.17) is 28.9 Å². The fraction of sp³-hybridized carbons (Fsp3) is 0.190. The number of nitrogens with zero attached hydrogens (tertiary/aromatic N) is 2. The third-order valence-electron chi connectivity index (χ3n) is 4.40. The van der Waals surface area contributed by atoms with Gasteiger partial charge in [-0.15, -0.1) is 0 Å². The quantitative estimate of drug-likeness (QED) is 0.612. The van der Waals surface area contributed by atoms with E-state index in [1.807, 2.05) is 26.0 Å². The Morgan fingerprint density at radius 1 is 1.18 bits per heavy atom. The lowest BCUT2D eigenvalue weighted by molar-refractivity contribution is 0.101. The van der Waals surface area contributed by atoms with Crippen molar-refractivity contribution < 1.29 is 4.79 Å². The van der Waals surface area contributed by atoms with Crippen LogP contribution in [-0.2, 0) is 13.0 Å². The minimum Gasteiger partial charge on any atom is -0.326 e. The highest BCUT2D eigenvalue weighted by molar-refractivity contribution is 6.35. The number of hydrogen-bond donors (Lipinski definition) is 2. The van der Waals surface area contributed by atoms with E-state index in [1.165, 1.54) is 6.20 Å². The summed E-state index contributed by atoms with van der Waals surface area (Å²) >= 11 is 12.3. The third kappa shape index (κ3) is 4.33. The second kappa shape index (κ2) is 8.69. The number of nitrogens with one attached hydrogen (secondary N) is 1. The van der Waals surface area contributed by atoms with Gasteiger partial charge in [-0.3, -0.25) is 4.79 Å². The molecule has 3 aromatic rings. The number of nitrogens with two attached hydrogens (primary N) is 1. The van der Waals surface area contributed by atoms with Crippen molar-refractivity contribution in [2.24, 2.45) is 5.73 Å². The summed E-state index contributed by atoms with van der Waals surface area (Å²) in [7, 11) is 0. The van der Waals surface area contributed by atoms with Crippen LogP contribution in [0.3, 0.4) is 0 Å². The molecule has 3 rings (SSSR count). The van der Waals surface area contributed by atoms with Gasteiger partial charge < -0.3 is 11.1 Å². The van der Waals surface area contributed by atoms with Gasteiger partial charge in [-0.25, -0.2) is 9.97 Å². The molecule has 0 bridgehead atoms. The molecule has 0 aliphatic rings. The van der Waals surface area contributed by atoms with E-state index in [2.05, 4.69) is 15.3 Å². The van der Waals surface area contributed by atoms with E-state index in [-0.39, 0.29) is 5.82 Å². The molecule has 0 saturated carbocycles. The highest BCUT2D eigenvalue weighted by atomic mass is 35.5. The Hall–Kier alpha value is -2.47. The molecule has 0 aliphatic heterocycles. The van der Waals surface area contributed by atoms with Gasteiger partial charge in [0.1, 0.15) is 0 Å². The molecule has 0 unspecified atom stereocenters. The summed E-state index contributed by atoms with van der Waals surface area (Å²) in [5.74, 6) is -0.337. The van der Waals surface area contributed by atoms with Crippen molar-refractivity contribution in [2.45, 2.75) is 26.8 Å². The molecule has 0 atom stereocenters. The van der Waals surface area contributed by atoms with E-state index in [1.54, 1.807) is 24.3 Å². The van der Waals surface area contributed by atoms with Gasteiger partial charge in [-0.05, 0) is 54.3 Å². The summed E-state index contributed by atoms with van der Waals surface area (Å²) in [6, 6.07) is 10.8. The molecule has 5 nitrogen and oxygen atoms in total. The average molecular weight is 415 g/mol. The summed E-state index contributed by atoms with van der Waals surface area (Å²) in [6.07, 6.45) is 2.29. The van der Waals surface area contributed by atoms with Crippen molar-refractivity contribution in [3.8, 4) is 11.3 Å². The first kappa shape index (κ1) is 20.3. The topological polar surface area (TPSA) is 80.9 Å². The Balaban J connectivity index is 1.94. The van der Waals surface area contributed by atoms with Crippen molar-refractivity contribution in [1.29, 1.82) is 0 Å². The summed E-state index contributed by atoms with van der Waals surface area (Å²) in [5, 5.41) is 3.97. The minimum atomic E-state index is -0.390. The van der Waals surface area contributed by atoms with Crippen molar-refractivity contribution in [3.63, 3.8) is 0 Å². The summed E-state index contributed by atoms with van der Waals surface area (Å²) < 4.78 is 0. The van der Waals surface area contributed by atoms with Crippen molar-refractivity contribution in [1.82, 2.24) is 9.97 Å². The van der Waals surface area contributed by atoms with Crippen LogP contribution in [0.25, 0.3) is 11.3 Å². The maximum Gasteiger partial charge on any atom is 0.293 e. The molecule has 28 heavy (non-hydrogen) atoms. The van der Waals surface area contributed by atoms with Gasteiger partial charge in [0.05, 0.1) is 10.7 Å². The molecule has 0 fully saturated rings. The molecule has 2 aromatic carbocycles. The molecule has 1 heterocycles.